The molecule has 0 aliphatic carbocycles. The number of thiazole rings is 1. The molecule has 1 atom stereocenters. The minimum Gasteiger partial charge on any atom is -0.497 e. The largest absolute Gasteiger partial charge is 0.497 e. The zero-order chi connectivity index (χ0) is 21.7. The lowest BCUT2D eigenvalue weighted by atomic mass is 10.1. The van der Waals surface area contributed by atoms with E-state index in [0.29, 0.717) is 23.7 Å². The summed E-state index contributed by atoms with van der Waals surface area (Å²) in [4.78, 5) is 19.6. The van der Waals surface area contributed by atoms with Gasteiger partial charge in [0.25, 0.3) is 5.91 Å². The summed E-state index contributed by atoms with van der Waals surface area (Å²) in [6.45, 7) is 4.55. The molecule has 1 heterocycles. The fourth-order valence-corrected chi connectivity index (χ4v) is 4.09. The second kappa shape index (κ2) is 9.63. The Labute approximate surface area is 181 Å². The lowest BCUT2D eigenvalue weighted by Gasteiger charge is -2.28. The van der Waals surface area contributed by atoms with E-state index in [1.54, 1.807) is 26.7 Å². The Bertz CT molecular complexity index is 1020. The topological polar surface area (TPSA) is 60.9 Å². The van der Waals surface area contributed by atoms with Crippen molar-refractivity contribution in [3.8, 4) is 27.8 Å². The summed E-state index contributed by atoms with van der Waals surface area (Å²) in [5.74, 6) is 1.95. The molecule has 7 heteroatoms. The maximum atomic E-state index is 13.2. The standard InChI is InChI=1S/C23H26N2O4S/c1-6-25(15(2)16-8-7-9-18(12-16)27-3)23(26)19-14-30-22(24-19)17-10-11-20(28-4)21(13-17)29-5/h7-15H,6H2,1-5H3/t15-/m0/s1. The van der Waals surface area contributed by atoms with Crippen LogP contribution in [0.15, 0.2) is 47.8 Å². The average molecular weight is 427 g/mol. The van der Waals surface area contributed by atoms with Crippen molar-refractivity contribution in [1.29, 1.82) is 0 Å². The normalized spacial score (nSPS) is 11.6. The van der Waals surface area contributed by atoms with Crippen LogP contribution < -0.4 is 14.2 Å². The van der Waals surface area contributed by atoms with E-state index < -0.39 is 0 Å². The molecule has 1 aromatic heterocycles. The van der Waals surface area contributed by atoms with Crippen LogP contribution in [0.4, 0.5) is 0 Å². The molecule has 0 radical (unpaired) electrons. The van der Waals surface area contributed by atoms with Gasteiger partial charge in [-0.25, -0.2) is 4.98 Å². The van der Waals surface area contributed by atoms with E-state index in [0.717, 1.165) is 21.9 Å². The van der Waals surface area contributed by atoms with Gasteiger partial charge in [-0.1, -0.05) is 12.1 Å². The first-order valence-corrected chi connectivity index (χ1v) is 10.5. The van der Waals surface area contributed by atoms with Crippen LogP contribution in [0.25, 0.3) is 10.6 Å². The molecule has 30 heavy (non-hydrogen) atoms. The van der Waals surface area contributed by atoms with Crippen LogP contribution >= 0.6 is 11.3 Å². The van der Waals surface area contributed by atoms with Crippen LogP contribution in [-0.2, 0) is 0 Å². The number of benzene rings is 2. The maximum Gasteiger partial charge on any atom is 0.273 e. The third-order valence-electron chi connectivity index (χ3n) is 5.00. The van der Waals surface area contributed by atoms with Crippen LogP contribution in [0, 0.1) is 0 Å². The van der Waals surface area contributed by atoms with Crippen molar-refractivity contribution < 1.29 is 19.0 Å². The smallest absolute Gasteiger partial charge is 0.273 e. The van der Waals surface area contributed by atoms with Gasteiger partial charge in [-0.15, -0.1) is 11.3 Å². The van der Waals surface area contributed by atoms with Crippen LogP contribution in [0.1, 0.15) is 35.9 Å². The molecule has 0 N–H and O–H groups in total. The highest BCUT2D eigenvalue weighted by Gasteiger charge is 2.24. The number of hydrogen-bond donors (Lipinski definition) is 0. The van der Waals surface area contributed by atoms with Crippen LogP contribution in [-0.4, -0.2) is 43.7 Å². The van der Waals surface area contributed by atoms with E-state index in [4.69, 9.17) is 14.2 Å². The lowest BCUT2D eigenvalue weighted by molar-refractivity contribution is 0.0697. The van der Waals surface area contributed by atoms with Crippen molar-refractivity contribution in [2.45, 2.75) is 19.9 Å². The minimum absolute atomic E-state index is 0.101. The number of aromatic nitrogens is 1. The van der Waals surface area contributed by atoms with Crippen molar-refractivity contribution >= 4 is 17.2 Å². The first-order valence-electron chi connectivity index (χ1n) is 9.65. The molecule has 0 spiro atoms. The number of rotatable bonds is 8. The van der Waals surface area contributed by atoms with E-state index in [-0.39, 0.29) is 11.9 Å². The summed E-state index contributed by atoms with van der Waals surface area (Å²) >= 11 is 1.43. The van der Waals surface area contributed by atoms with Crippen LogP contribution in [0.2, 0.25) is 0 Å². The molecule has 1 amide bonds. The Morgan fingerprint density at radius 2 is 1.83 bits per heavy atom. The average Bonchev–Trinajstić information content (AvgIpc) is 3.29. The number of hydrogen-bond acceptors (Lipinski definition) is 6. The minimum atomic E-state index is -0.108. The molecule has 2 aromatic carbocycles. The summed E-state index contributed by atoms with van der Waals surface area (Å²) < 4.78 is 16.0. The van der Waals surface area contributed by atoms with Crippen LogP contribution in [0.5, 0.6) is 17.2 Å². The molecule has 0 saturated carbocycles. The highest BCUT2D eigenvalue weighted by molar-refractivity contribution is 7.13. The Morgan fingerprint density at radius 1 is 1.07 bits per heavy atom. The van der Waals surface area contributed by atoms with Gasteiger partial charge in [0.1, 0.15) is 16.5 Å². The maximum absolute atomic E-state index is 13.2. The molecule has 0 fully saturated rings. The highest BCUT2D eigenvalue weighted by Crippen LogP contribution is 2.34. The second-order valence-electron chi connectivity index (χ2n) is 6.65. The fourth-order valence-electron chi connectivity index (χ4n) is 3.30. The molecule has 0 aliphatic heterocycles. The Hall–Kier alpha value is -3.06. The number of carbonyl (C=O) groups is 1. The summed E-state index contributed by atoms with van der Waals surface area (Å²) in [5.41, 5.74) is 2.32. The van der Waals surface area contributed by atoms with Crippen LogP contribution in [0.3, 0.4) is 0 Å². The first kappa shape index (κ1) is 21.6. The van der Waals surface area contributed by atoms with Gasteiger partial charge in [0, 0.05) is 17.5 Å². The van der Waals surface area contributed by atoms with Gasteiger partial charge in [-0.05, 0) is 49.7 Å². The van der Waals surface area contributed by atoms with E-state index in [2.05, 4.69) is 4.98 Å². The van der Waals surface area contributed by atoms with Crippen molar-refractivity contribution in [1.82, 2.24) is 9.88 Å². The van der Waals surface area contributed by atoms with Gasteiger partial charge in [0.2, 0.25) is 0 Å². The van der Waals surface area contributed by atoms with E-state index in [1.807, 2.05) is 61.2 Å². The Balaban J connectivity index is 1.85. The molecule has 0 aliphatic rings. The highest BCUT2D eigenvalue weighted by atomic mass is 32.1. The summed E-state index contributed by atoms with van der Waals surface area (Å²) in [5, 5.41) is 2.55. The van der Waals surface area contributed by atoms with Gasteiger partial charge >= 0.3 is 0 Å². The van der Waals surface area contributed by atoms with Crippen molar-refractivity contribution in [3.05, 3.63) is 59.1 Å². The number of methoxy groups -OCH3 is 3. The van der Waals surface area contributed by atoms with Gasteiger partial charge in [0.05, 0.1) is 27.4 Å². The molecule has 0 bridgehead atoms. The zero-order valence-electron chi connectivity index (χ0n) is 17.8. The number of nitrogens with zero attached hydrogens (tertiary/aromatic N) is 2. The Kier molecular flexibility index (Phi) is 6.95. The van der Waals surface area contributed by atoms with E-state index in [1.165, 1.54) is 11.3 Å². The van der Waals surface area contributed by atoms with Crippen molar-refractivity contribution in [3.63, 3.8) is 0 Å². The second-order valence-corrected chi connectivity index (χ2v) is 7.51. The van der Waals surface area contributed by atoms with Crippen molar-refractivity contribution in [2.75, 3.05) is 27.9 Å². The lowest BCUT2D eigenvalue weighted by Crippen LogP contribution is -2.33. The molecule has 6 nitrogen and oxygen atoms in total. The predicted molar refractivity (Wildman–Crippen MR) is 119 cm³/mol. The SMILES string of the molecule is CCN(C(=O)c1csc(-c2ccc(OC)c(OC)c2)n1)[C@@H](C)c1cccc(OC)c1. The number of amides is 1. The van der Waals surface area contributed by atoms with Gasteiger partial charge in [0.15, 0.2) is 11.5 Å². The van der Waals surface area contributed by atoms with Crippen molar-refractivity contribution in [2.24, 2.45) is 0 Å². The predicted octanol–water partition coefficient (Wildman–Crippen LogP) is 5.06. The molecule has 0 saturated heterocycles. The number of carbonyl (C=O) groups excluding carboxylic acids is 1. The molecular weight excluding hydrogens is 400 g/mol. The molecule has 158 valence electrons. The monoisotopic (exact) mass is 426 g/mol. The fraction of sp³-hybridized carbons (Fsp3) is 0.304. The third-order valence-corrected chi connectivity index (χ3v) is 5.89. The summed E-state index contributed by atoms with van der Waals surface area (Å²) in [7, 11) is 4.83. The molecule has 0 unspecified atom stereocenters. The quantitative estimate of drug-likeness (QED) is 0.504. The van der Waals surface area contributed by atoms with Gasteiger partial charge in [-0.2, -0.15) is 0 Å². The summed E-state index contributed by atoms with van der Waals surface area (Å²) in [6.07, 6.45) is 0. The van der Waals surface area contributed by atoms with E-state index in [9.17, 15) is 4.79 Å². The zero-order valence-corrected chi connectivity index (χ0v) is 18.7. The number of ether oxygens (including phenoxy) is 3. The van der Waals surface area contributed by atoms with Gasteiger partial charge < -0.3 is 19.1 Å². The molecular formula is C23H26N2O4S. The van der Waals surface area contributed by atoms with Gasteiger partial charge in [-0.3, -0.25) is 4.79 Å². The Morgan fingerprint density at radius 3 is 2.50 bits per heavy atom. The first-order chi connectivity index (χ1) is 14.5. The van der Waals surface area contributed by atoms with E-state index >= 15 is 0 Å². The summed E-state index contributed by atoms with van der Waals surface area (Å²) in [6, 6.07) is 13.3. The molecule has 3 aromatic rings. The molecule has 3 rings (SSSR count). The third kappa shape index (κ3) is 4.41.